The van der Waals surface area contributed by atoms with E-state index in [2.05, 4.69) is 10.6 Å². The Labute approximate surface area is 129 Å². The average molecular weight is 298 g/mol. The Bertz CT molecular complexity index is 672. The van der Waals surface area contributed by atoms with E-state index < -0.39 is 0 Å². The molecule has 0 saturated heterocycles. The van der Waals surface area contributed by atoms with E-state index in [-0.39, 0.29) is 12.1 Å². The van der Waals surface area contributed by atoms with Gasteiger partial charge in [-0.2, -0.15) is 0 Å². The highest BCUT2D eigenvalue weighted by Crippen LogP contribution is 2.24. The number of urea groups is 1. The van der Waals surface area contributed by atoms with Crippen molar-refractivity contribution < 1.29 is 14.3 Å². The summed E-state index contributed by atoms with van der Waals surface area (Å²) >= 11 is 0. The molecule has 2 N–H and O–H groups in total. The predicted molar refractivity (Wildman–Crippen MR) is 84.6 cm³/mol. The molecule has 1 aliphatic heterocycles. The molecule has 5 nitrogen and oxygen atoms in total. The monoisotopic (exact) mass is 298 g/mol. The van der Waals surface area contributed by atoms with Crippen LogP contribution in [0.4, 0.5) is 10.5 Å². The van der Waals surface area contributed by atoms with Gasteiger partial charge in [-0.3, -0.25) is 0 Å². The summed E-state index contributed by atoms with van der Waals surface area (Å²) in [4.78, 5) is 12.1. The number of amides is 2. The van der Waals surface area contributed by atoms with Crippen molar-refractivity contribution >= 4 is 11.7 Å². The summed E-state index contributed by atoms with van der Waals surface area (Å²) in [5, 5.41) is 5.73. The lowest BCUT2D eigenvalue weighted by Crippen LogP contribution is -2.44. The summed E-state index contributed by atoms with van der Waals surface area (Å²) in [5.74, 6) is 1.60. The van der Waals surface area contributed by atoms with Gasteiger partial charge in [0.1, 0.15) is 18.1 Å². The van der Waals surface area contributed by atoms with Gasteiger partial charge >= 0.3 is 6.03 Å². The van der Waals surface area contributed by atoms with Gasteiger partial charge in [-0.25, -0.2) is 4.79 Å². The van der Waals surface area contributed by atoms with Crippen LogP contribution < -0.4 is 20.1 Å². The molecule has 0 spiro atoms. The first-order valence-electron chi connectivity index (χ1n) is 7.17. The number of carbonyl (C=O) groups is 1. The Hall–Kier alpha value is -2.69. The minimum atomic E-state index is -0.249. The molecular formula is C17H18N2O3. The smallest absolute Gasteiger partial charge is 0.319 e. The number of hydrogen-bond donors (Lipinski definition) is 2. The van der Waals surface area contributed by atoms with Crippen LogP contribution in [0.2, 0.25) is 0 Å². The van der Waals surface area contributed by atoms with Crippen LogP contribution in [0, 0.1) is 0 Å². The molecule has 0 radical (unpaired) electrons. The topological polar surface area (TPSA) is 59.6 Å². The highest BCUT2D eigenvalue weighted by molar-refractivity contribution is 5.89. The largest absolute Gasteiger partial charge is 0.497 e. The molecule has 2 amide bonds. The molecule has 1 heterocycles. The van der Waals surface area contributed by atoms with Crippen LogP contribution in [-0.4, -0.2) is 25.8 Å². The number of nitrogens with one attached hydrogen (secondary N) is 2. The molecule has 3 rings (SSSR count). The molecule has 0 aliphatic carbocycles. The van der Waals surface area contributed by atoms with Crippen molar-refractivity contribution in [3.05, 3.63) is 54.1 Å². The number of para-hydroxylation sites is 1. The maximum Gasteiger partial charge on any atom is 0.319 e. The summed E-state index contributed by atoms with van der Waals surface area (Å²) in [6.07, 6.45) is 0.766. The molecule has 2 aromatic carbocycles. The third-order valence-corrected chi connectivity index (χ3v) is 3.54. The second-order valence-electron chi connectivity index (χ2n) is 5.15. The Morgan fingerprint density at radius 1 is 1.23 bits per heavy atom. The number of anilines is 1. The number of rotatable bonds is 3. The van der Waals surface area contributed by atoms with Gasteiger partial charge in [0, 0.05) is 11.8 Å². The summed E-state index contributed by atoms with van der Waals surface area (Å²) < 4.78 is 10.8. The lowest BCUT2D eigenvalue weighted by Gasteiger charge is -2.26. The number of fused-ring (bicyclic) bond motifs is 1. The van der Waals surface area contributed by atoms with Crippen molar-refractivity contribution in [1.82, 2.24) is 5.32 Å². The number of hydrogen-bond acceptors (Lipinski definition) is 3. The summed E-state index contributed by atoms with van der Waals surface area (Å²) in [6, 6.07) is 14.8. The molecule has 1 aliphatic rings. The van der Waals surface area contributed by atoms with Crippen LogP contribution >= 0.6 is 0 Å². The molecule has 0 unspecified atom stereocenters. The SMILES string of the molecule is COc1cccc(NC(=O)N[C@H]2COc3ccccc3C2)c1. The first kappa shape index (κ1) is 14.3. The second kappa shape index (κ2) is 6.39. The normalized spacial score (nSPS) is 16.1. The van der Waals surface area contributed by atoms with Crippen LogP contribution in [0.5, 0.6) is 11.5 Å². The van der Waals surface area contributed by atoms with E-state index in [1.165, 1.54) is 0 Å². The Kier molecular flexibility index (Phi) is 4.14. The standard InChI is InChI=1S/C17H18N2O3/c1-21-15-7-4-6-13(10-15)18-17(20)19-14-9-12-5-2-3-8-16(12)22-11-14/h2-8,10,14H,9,11H2,1H3,(H2,18,19,20)/t14-/m1/s1. The van der Waals surface area contributed by atoms with Gasteiger partial charge < -0.3 is 20.1 Å². The summed E-state index contributed by atoms with van der Waals surface area (Å²) in [6.45, 7) is 0.475. The van der Waals surface area contributed by atoms with Gasteiger partial charge in [-0.1, -0.05) is 24.3 Å². The molecular weight excluding hydrogens is 280 g/mol. The first-order chi connectivity index (χ1) is 10.7. The van der Waals surface area contributed by atoms with E-state index in [4.69, 9.17) is 9.47 Å². The Balaban J connectivity index is 1.58. The maximum atomic E-state index is 12.1. The van der Waals surface area contributed by atoms with Crippen molar-refractivity contribution in [2.24, 2.45) is 0 Å². The third-order valence-electron chi connectivity index (χ3n) is 3.54. The fourth-order valence-electron chi connectivity index (χ4n) is 2.47. The molecule has 1 atom stereocenters. The van der Waals surface area contributed by atoms with Crippen LogP contribution in [-0.2, 0) is 6.42 Å². The molecule has 5 heteroatoms. The van der Waals surface area contributed by atoms with E-state index in [0.717, 1.165) is 17.7 Å². The van der Waals surface area contributed by atoms with Crippen LogP contribution in [0.15, 0.2) is 48.5 Å². The molecule has 22 heavy (non-hydrogen) atoms. The highest BCUT2D eigenvalue weighted by atomic mass is 16.5. The minimum Gasteiger partial charge on any atom is -0.497 e. The van der Waals surface area contributed by atoms with Crippen molar-refractivity contribution in [2.45, 2.75) is 12.5 Å². The molecule has 2 aromatic rings. The fraction of sp³-hybridized carbons (Fsp3) is 0.235. The molecule has 0 aromatic heterocycles. The van der Waals surface area contributed by atoms with E-state index in [1.54, 1.807) is 13.2 Å². The van der Waals surface area contributed by atoms with E-state index in [9.17, 15) is 4.79 Å². The third kappa shape index (κ3) is 3.31. The van der Waals surface area contributed by atoms with Crippen LogP contribution in [0.3, 0.4) is 0 Å². The Morgan fingerprint density at radius 3 is 2.95 bits per heavy atom. The van der Waals surface area contributed by atoms with Gasteiger partial charge in [0.15, 0.2) is 0 Å². The minimum absolute atomic E-state index is 0.0412. The van der Waals surface area contributed by atoms with E-state index >= 15 is 0 Å². The Morgan fingerprint density at radius 2 is 2.09 bits per heavy atom. The van der Waals surface area contributed by atoms with Gasteiger partial charge in [0.25, 0.3) is 0 Å². The lowest BCUT2D eigenvalue weighted by atomic mass is 10.0. The second-order valence-corrected chi connectivity index (χ2v) is 5.15. The number of methoxy groups -OCH3 is 1. The summed E-state index contributed by atoms with van der Waals surface area (Å²) in [5.41, 5.74) is 1.80. The zero-order valence-electron chi connectivity index (χ0n) is 12.3. The van der Waals surface area contributed by atoms with Crippen molar-refractivity contribution in [1.29, 1.82) is 0 Å². The van der Waals surface area contributed by atoms with Crippen LogP contribution in [0.1, 0.15) is 5.56 Å². The average Bonchev–Trinajstić information content (AvgIpc) is 2.55. The molecule has 114 valence electrons. The van der Waals surface area contributed by atoms with E-state index in [0.29, 0.717) is 18.0 Å². The molecule has 0 saturated carbocycles. The molecule has 0 bridgehead atoms. The quantitative estimate of drug-likeness (QED) is 0.916. The van der Waals surface area contributed by atoms with Gasteiger partial charge in [0.05, 0.1) is 13.2 Å². The predicted octanol–water partition coefficient (Wildman–Crippen LogP) is 2.82. The number of carbonyl (C=O) groups excluding carboxylic acids is 1. The summed E-state index contributed by atoms with van der Waals surface area (Å²) in [7, 11) is 1.59. The zero-order chi connectivity index (χ0) is 15.4. The van der Waals surface area contributed by atoms with Gasteiger partial charge in [-0.05, 0) is 30.2 Å². The van der Waals surface area contributed by atoms with Gasteiger partial charge in [-0.15, -0.1) is 0 Å². The van der Waals surface area contributed by atoms with E-state index in [1.807, 2.05) is 42.5 Å². The van der Waals surface area contributed by atoms with Crippen LogP contribution in [0.25, 0.3) is 0 Å². The number of ether oxygens (including phenoxy) is 2. The first-order valence-corrected chi connectivity index (χ1v) is 7.17. The highest BCUT2D eigenvalue weighted by Gasteiger charge is 2.20. The number of benzene rings is 2. The molecule has 0 fully saturated rings. The fourth-order valence-corrected chi connectivity index (χ4v) is 2.47. The van der Waals surface area contributed by atoms with Crippen molar-refractivity contribution in [3.63, 3.8) is 0 Å². The maximum absolute atomic E-state index is 12.1. The van der Waals surface area contributed by atoms with Crippen molar-refractivity contribution in [3.8, 4) is 11.5 Å². The lowest BCUT2D eigenvalue weighted by molar-refractivity contribution is 0.222. The zero-order valence-corrected chi connectivity index (χ0v) is 12.3. The van der Waals surface area contributed by atoms with Crippen molar-refractivity contribution in [2.75, 3.05) is 19.0 Å². The van der Waals surface area contributed by atoms with Gasteiger partial charge in [0.2, 0.25) is 0 Å².